The Labute approximate surface area is 120 Å². The van der Waals surface area contributed by atoms with E-state index < -0.39 is 0 Å². The number of thiophene rings is 1. The van der Waals surface area contributed by atoms with Gasteiger partial charge in [0.2, 0.25) is 0 Å². The molecule has 7 nitrogen and oxygen atoms in total. The number of nitrogen functional groups attached to an aromatic ring is 1. The Morgan fingerprint density at radius 1 is 1.55 bits per heavy atom. The summed E-state index contributed by atoms with van der Waals surface area (Å²) in [5, 5.41) is 16.4. The fraction of sp³-hybridized carbons (Fsp3) is 0.500. The number of carbonyl (C=O) groups excluding carboxylic acids is 1. The minimum atomic E-state index is -0.212. The summed E-state index contributed by atoms with van der Waals surface area (Å²) in [6.07, 6.45) is 0. The van der Waals surface area contributed by atoms with Gasteiger partial charge in [0.1, 0.15) is 9.71 Å². The van der Waals surface area contributed by atoms with Crippen molar-refractivity contribution >= 4 is 33.1 Å². The third-order valence-electron chi connectivity index (χ3n) is 2.86. The van der Waals surface area contributed by atoms with Gasteiger partial charge in [-0.2, -0.15) is 5.10 Å². The zero-order valence-corrected chi connectivity index (χ0v) is 12.3. The SMILES string of the molecule is Cc1nn(C)c2sc(C(=O)NCCOCCO)c(N)c12. The van der Waals surface area contributed by atoms with Crippen LogP contribution in [0.1, 0.15) is 15.4 Å². The predicted molar refractivity (Wildman–Crippen MR) is 78.0 cm³/mol. The maximum absolute atomic E-state index is 12.1. The van der Waals surface area contributed by atoms with Crippen LogP contribution < -0.4 is 11.1 Å². The number of aromatic nitrogens is 2. The molecule has 20 heavy (non-hydrogen) atoms. The molecule has 0 radical (unpaired) electrons. The molecular weight excluding hydrogens is 280 g/mol. The van der Waals surface area contributed by atoms with Gasteiger partial charge in [0.05, 0.1) is 36.6 Å². The number of nitrogens with one attached hydrogen (secondary N) is 1. The zero-order valence-electron chi connectivity index (χ0n) is 11.5. The van der Waals surface area contributed by atoms with Crippen molar-refractivity contribution in [2.24, 2.45) is 7.05 Å². The average Bonchev–Trinajstić information content (AvgIpc) is 2.89. The van der Waals surface area contributed by atoms with Crippen molar-refractivity contribution in [2.75, 3.05) is 32.1 Å². The van der Waals surface area contributed by atoms with E-state index >= 15 is 0 Å². The minimum absolute atomic E-state index is 0.0243. The quantitative estimate of drug-likeness (QED) is 0.664. The second-order valence-corrected chi connectivity index (χ2v) is 5.32. The molecule has 0 saturated heterocycles. The number of carbonyl (C=O) groups is 1. The van der Waals surface area contributed by atoms with E-state index in [1.165, 1.54) is 11.3 Å². The second kappa shape index (κ2) is 6.21. The number of anilines is 1. The van der Waals surface area contributed by atoms with E-state index in [1.54, 1.807) is 4.68 Å². The van der Waals surface area contributed by atoms with Crippen LogP contribution in [0.3, 0.4) is 0 Å². The van der Waals surface area contributed by atoms with Crippen molar-refractivity contribution in [2.45, 2.75) is 6.92 Å². The van der Waals surface area contributed by atoms with Gasteiger partial charge >= 0.3 is 0 Å². The lowest BCUT2D eigenvalue weighted by molar-refractivity contribution is 0.0841. The maximum Gasteiger partial charge on any atom is 0.263 e. The molecule has 0 aliphatic rings. The van der Waals surface area contributed by atoms with Crippen LogP contribution in [-0.2, 0) is 11.8 Å². The molecule has 2 heterocycles. The van der Waals surface area contributed by atoms with E-state index in [9.17, 15) is 4.79 Å². The number of hydrogen-bond donors (Lipinski definition) is 3. The molecular formula is C12H18N4O3S. The Balaban J connectivity index is 2.07. The summed E-state index contributed by atoms with van der Waals surface area (Å²) in [7, 11) is 1.83. The van der Waals surface area contributed by atoms with Gasteiger partial charge in [-0.1, -0.05) is 0 Å². The van der Waals surface area contributed by atoms with Crippen molar-refractivity contribution in [3.8, 4) is 0 Å². The number of fused-ring (bicyclic) bond motifs is 1. The largest absolute Gasteiger partial charge is 0.397 e. The fourth-order valence-electron chi connectivity index (χ4n) is 1.98. The van der Waals surface area contributed by atoms with Crippen molar-refractivity contribution in [3.05, 3.63) is 10.6 Å². The van der Waals surface area contributed by atoms with E-state index in [4.69, 9.17) is 15.6 Å². The summed E-state index contributed by atoms with van der Waals surface area (Å²) in [4.78, 5) is 13.5. The van der Waals surface area contributed by atoms with E-state index in [-0.39, 0.29) is 19.1 Å². The number of ether oxygens (including phenoxy) is 1. The van der Waals surface area contributed by atoms with Crippen LogP contribution >= 0.6 is 11.3 Å². The Bertz CT molecular complexity index is 620. The van der Waals surface area contributed by atoms with Crippen LogP contribution in [0.4, 0.5) is 5.69 Å². The molecule has 0 fully saturated rings. The van der Waals surface area contributed by atoms with E-state index in [0.717, 1.165) is 15.9 Å². The highest BCUT2D eigenvalue weighted by molar-refractivity contribution is 7.21. The average molecular weight is 298 g/mol. The van der Waals surface area contributed by atoms with Gasteiger partial charge in [0, 0.05) is 13.6 Å². The van der Waals surface area contributed by atoms with Gasteiger partial charge in [-0.3, -0.25) is 9.48 Å². The highest BCUT2D eigenvalue weighted by atomic mass is 32.1. The van der Waals surface area contributed by atoms with Crippen LogP contribution in [0.5, 0.6) is 0 Å². The molecule has 0 saturated carbocycles. The van der Waals surface area contributed by atoms with Gasteiger partial charge in [-0.15, -0.1) is 11.3 Å². The van der Waals surface area contributed by atoms with Crippen LogP contribution in [0.2, 0.25) is 0 Å². The van der Waals surface area contributed by atoms with Gasteiger partial charge in [-0.25, -0.2) is 0 Å². The number of rotatable bonds is 6. The second-order valence-electron chi connectivity index (χ2n) is 4.33. The molecule has 0 unspecified atom stereocenters. The molecule has 2 rings (SSSR count). The number of nitrogens with two attached hydrogens (primary N) is 1. The summed E-state index contributed by atoms with van der Waals surface area (Å²) in [6.45, 7) is 2.85. The summed E-state index contributed by atoms with van der Waals surface area (Å²) in [6, 6.07) is 0. The molecule has 2 aromatic heterocycles. The molecule has 0 bridgehead atoms. The third-order valence-corrected chi connectivity index (χ3v) is 4.13. The molecule has 0 aliphatic heterocycles. The van der Waals surface area contributed by atoms with Crippen molar-refractivity contribution in [1.29, 1.82) is 0 Å². The lowest BCUT2D eigenvalue weighted by Crippen LogP contribution is -2.27. The maximum atomic E-state index is 12.1. The first-order valence-corrected chi connectivity index (χ1v) is 7.06. The Hall–Kier alpha value is -1.64. The lowest BCUT2D eigenvalue weighted by atomic mass is 10.2. The smallest absolute Gasteiger partial charge is 0.263 e. The third kappa shape index (κ3) is 2.77. The minimum Gasteiger partial charge on any atom is -0.397 e. The Kier molecular flexibility index (Phi) is 4.58. The van der Waals surface area contributed by atoms with E-state index in [2.05, 4.69) is 10.4 Å². The van der Waals surface area contributed by atoms with Crippen molar-refractivity contribution < 1.29 is 14.6 Å². The first-order valence-electron chi connectivity index (χ1n) is 6.24. The standard InChI is InChI=1S/C12H18N4O3S/c1-7-8-9(13)10(20-12(8)16(2)15-7)11(18)14-3-5-19-6-4-17/h17H,3-6,13H2,1-2H3,(H,14,18). The molecule has 0 aromatic carbocycles. The normalized spacial score (nSPS) is 11.2. The van der Waals surface area contributed by atoms with Gasteiger partial charge in [0.15, 0.2) is 0 Å². The van der Waals surface area contributed by atoms with Crippen molar-refractivity contribution in [1.82, 2.24) is 15.1 Å². The molecule has 110 valence electrons. The first-order chi connectivity index (χ1) is 9.56. The molecule has 1 amide bonds. The topological polar surface area (TPSA) is 102 Å². The first kappa shape index (κ1) is 14.8. The highest BCUT2D eigenvalue weighted by Crippen LogP contribution is 2.35. The van der Waals surface area contributed by atoms with Gasteiger partial charge in [0.25, 0.3) is 5.91 Å². The number of aliphatic hydroxyl groups excluding tert-OH is 1. The van der Waals surface area contributed by atoms with Gasteiger partial charge < -0.3 is 20.9 Å². The summed E-state index contributed by atoms with van der Waals surface area (Å²) in [5.41, 5.74) is 7.34. The van der Waals surface area contributed by atoms with Crippen LogP contribution in [0.25, 0.3) is 10.2 Å². The summed E-state index contributed by atoms with van der Waals surface area (Å²) < 4.78 is 6.80. The summed E-state index contributed by atoms with van der Waals surface area (Å²) in [5.74, 6) is -0.212. The number of amides is 1. The molecule has 8 heteroatoms. The van der Waals surface area contributed by atoms with E-state index in [0.29, 0.717) is 23.7 Å². The monoisotopic (exact) mass is 298 g/mol. The van der Waals surface area contributed by atoms with Gasteiger partial charge in [-0.05, 0) is 6.92 Å². The molecule has 2 aromatic rings. The molecule has 0 aliphatic carbocycles. The highest BCUT2D eigenvalue weighted by Gasteiger charge is 2.20. The number of nitrogens with zero attached hydrogens (tertiary/aromatic N) is 2. The fourth-order valence-corrected chi connectivity index (χ4v) is 3.08. The molecule has 0 atom stereocenters. The van der Waals surface area contributed by atoms with Crippen molar-refractivity contribution in [3.63, 3.8) is 0 Å². The van der Waals surface area contributed by atoms with Crippen LogP contribution in [0, 0.1) is 6.92 Å². The van der Waals surface area contributed by atoms with Crippen LogP contribution in [0.15, 0.2) is 0 Å². The number of aliphatic hydroxyl groups is 1. The number of aryl methyl sites for hydroxylation is 2. The zero-order chi connectivity index (χ0) is 14.7. The predicted octanol–water partition coefficient (Wildman–Crippen LogP) is 0.264. The Morgan fingerprint density at radius 2 is 2.30 bits per heavy atom. The molecule has 4 N–H and O–H groups in total. The van der Waals surface area contributed by atoms with E-state index in [1.807, 2.05) is 14.0 Å². The Morgan fingerprint density at radius 3 is 2.95 bits per heavy atom. The van der Waals surface area contributed by atoms with Crippen LogP contribution in [-0.4, -0.2) is 47.2 Å². The number of hydrogen-bond acceptors (Lipinski definition) is 6. The summed E-state index contributed by atoms with van der Waals surface area (Å²) >= 11 is 1.33. The lowest BCUT2D eigenvalue weighted by Gasteiger charge is -2.05. The molecule has 0 spiro atoms.